The van der Waals surface area contributed by atoms with Gasteiger partial charge in [-0.05, 0) is 31.0 Å². The number of hydrogen-bond acceptors (Lipinski definition) is 2. The Morgan fingerprint density at radius 2 is 2.16 bits per heavy atom. The highest BCUT2D eigenvalue weighted by Gasteiger charge is 2.23. The first kappa shape index (κ1) is 13.9. The van der Waals surface area contributed by atoms with Gasteiger partial charge in [-0.3, -0.25) is 4.79 Å². The van der Waals surface area contributed by atoms with Crippen molar-refractivity contribution in [2.75, 3.05) is 11.9 Å². The van der Waals surface area contributed by atoms with E-state index in [2.05, 4.69) is 17.2 Å². The smallest absolute Gasteiger partial charge is 0.227 e. The van der Waals surface area contributed by atoms with Crippen molar-refractivity contribution in [1.82, 2.24) is 0 Å². The van der Waals surface area contributed by atoms with Crippen LogP contribution in [-0.4, -0.2) is 12.5 Å². The van der Waals surface area contributed by atoms with E-state index in [9.17, 15) is 4.79 Å². The van der Waals surface area contributed by atoms with Crippen LogP contribution in [0.25, 0.3) is 0 Å². The van der Waals surface area contributed by atoms with E-state index in [0.717, 1.165) is 25.7 Å². The number of anilines is 1. The fraction of sp³-hybridized carbons (Fsp3) is 0.400. The SMILES string of the molecule is NCC#Cc1cc(Cl)ccc1NC(=O)C1CCCC1. The second-order valence-electron chi connectivity index (χ2n) is 4.67. The molecule has 1 aromatic rings. The zero-order valence-corrected chi connectivity index (χ0v) is 11.5. The minimum absolute atomic E-state index is 0.0793. The molecule has 0 radical (unpaired) electrons. The van der Waals surface area contributed by atoms with E-state index in [1.807, 2.05) is 0 Å². The number of nitrogens with two attached hydrogens (primary N) is 1. The quantitative estimate of drug-likeness (QED) is 0.816. The van der Waals surface area contributed by atoms with Gasteiger partial charge in [-0.15, -0.1) is 0 Å². The van der Waals surface area contributed by atoms with Gasteiger partial charge in [0.15, 0.2) is 0 Å². The second-order valence-corrected chi connectivity index (χ2v) is 5.10. The van der Waals surface area contributed by atoms with Gasteiger partial charge in [0.05, 0.1) is 12.2 Å². The average molecular weight is 277 g/mol. The van der Waals surface area contributed by atoms with E-state index < -0.39 is 0 Å². The molecule has 19 heavy (non-hydrogen) atoms. The Morgan fingerprint density at radius 3 is 2.84 bits per heavy atom. The van der Waals surface area contributed by atoms with Crippen molar-refractivity contribution in [3.8, 4) is 11.8 Å². The summed E-state index contributed by atoms with van der Waals surface area (Å²) in [7, 11) is 0. The lowest BCUT2D eigenvalue weighted by Crippen LogP contribution is -2.20. The zero-order valence-electron chi connectivity index (χ0n) is 10.7. The van der Waals surface area contributed by atoms with Gasteiger partial charge >= 0.3 is 0 Å². The Labute approximate surface area is 118 Å². The van der Waals surface area contributed by atoms with Crippen LogP contribution in [0.1, 0.15) is 31.2 Å². The van der Waals surface area contributed by atoms with Crippen LogP contribution in [0.4, 0.5) is 5.69 Å². The maximum Gasteiger partial charge on any atom is 0.227 e. The topological polar surface area (TPSA) is 55.1 Å². The van der Waals surface area contributed by atoms with Crippen LogP contribution in [0.15, 0.2) is 18.2 Å². The van der Waals surface area contributed by atoms with E-state index in [-0.39, 0.29) is 18.4 Å². The standard InChI is InChI=1S/C15H17ClN2O/c16-13-7-8-14(12(10-13)6-3-9-17)18-15(19)11-4-1-2-5-11/h7-8,10-11H,1-2,4-5,9,17H2,(H,18,19). The van der Waals surface area contributed by atoms with Crippen LogP contribution in [0.5, 0.6) is 0 Å². The fourth-order valence-electron chi connectivity index (χ4n) is 2.30. The molecular formula is C15H17ClN2O. The van der Waals surface area contributed by atoms with Crippen LogP contribution < -0.4 is 11.1 Å². The Hall–Kier alpha value is -1.50. The van der Waals surface area contributed by atoms with E-state index in [1.165, 1.54) is 0 Å². The molecular weight excluding hydrogens is 260 g/mol. The lowest BCUT2D eigenvalue weighted by molar-refractivity contribution is -0.119. The molecule has 1 saturated carbocycles. The van der Waals surface area contributed by atoms with Gasteiger partial charge in [0.25, 0.3) is 0 Å². The van der Waals surface area contributed by atoms with E-state index in [4.69, 9.17) is 17.3 Å². The maximum absolute atomic E-state index is 12.1. The van der Waals surface area contributed by atoms with E-state index >= 15 is 0 Å². The minimum Gasteiger partial charge on any atom is -0.325 e. The Bertz CT molecular complexity index is 525. The number of halogens is 1. The second kappa shape index (κ2) is 6.60. The summed E-state index contributed by atoms with van der Waals surface area (Å²) in [6.45, 7) is 0.280. The average Bonchev–Trinajstić information content (AvgIpc) is 2.93. The molecule has 1 aromatic carbocycles. The number of carbonyl (C=O) groups is 1. The Balaban J connectivity index is 2.16. The molecule has 4 heteroatoms. The molecule has 1 fully saturated rings. The third kappa shape index (κ3) is 3.73. The third-order valence-electron chi connectivity index (χ3n) is 3.29. The molecule has 1 aliphatic carbocycles. The van der Waals surface area contributed by atoms with Gasteiger partial charge in [0, 0.05) is 16.5 Å². The molecule has 0 spiro atoms. The first-order valence-electron chi connectivity index (χ1n) is 6.50. The number of hydrogen-bond donors (Lipinski definition) is 2. The van der Waals surface area contributed by atoms with Gasteiger partial charge in [-0.25, -0.2) is 0 Å². The minimum atomic E-state index is 0.0793. The molecule has 1 amide bonds. The Kier molecular flexibility index (Phi) is 4.84. The molecule has 0 saturated heterocycles. The van der Waals surface area contributed by atoms with Crippen molar-refractivity contribution in [1.29, 1.82) is 0 Å². The van der Waals surface area contributed by atoms with Crippen LogP contribution >= 0.6 is 11.6 Å². The van der Waals surface area contributed by atoms with Gasteiger partial charge in [-0.1, -0.05) is 36.3 Å². The molecule has 0 unspecified atom stereocenters. The van der Waals surface area contributed by atoms with Crippen LogP contribution in [0.3, 0.4) is 0 Å². The molecule has 1 aliphatic rings. The summed E-state index contributed by atoms with van der Waals surface area (Å²) < 4.78 is 0. The maximum atomic E-state index is 12.1. The van der Waals surface area contributed by atoms with Crippen molar-refractivity contribution in [2.45, 2.75) is 25.7 Å². The lowest BCUT2D eigenvalue weighted by atomic mass is 10.1. The molecule has 0 atom stereocenters. The van der Waals surface area contributed by atoms with Gasteiger partial charge in [-0.2, -0.15) is 0 Å². The number of nitrogens with one attached hydrogen (secondary N) is 1. The largest absolute Gasteiger partial charge is 0.325 e. The first-order chi connectivity index (χ1) is 9.20. The zero-order chi connectivity index (χ0) is 13.7. The van der Waals surface area contributed by atoms with Gasteiger partial charge in [0.2, 0.25) is 5.91 Å². The van der Waals surface area contributed by atoms with Crippen LogP contribution in [0, 0.1) is 17.8 Å². The predicted octanol–water partition coefficient (Wildman–Crippen LogP) is 2.78. The van der Waals surface area contributed by atoms with E-state index in [1.54, 1.807) is 18.2 Å². The Morgan fingerprint density at radius 1 is 1.42 bits per heavy atom. The predicted molar refractivity (Wildman–Crippen MR) is 78.0 cm³/mol. The molecule has 0 aromatic heterocycles. The summed E-state index contributed by atoms with van der Waals surface area (Å²) in [5.74, 6) is 5.93. The number of carbonyl (C=O) groups excluding carboxylic acids is 1. The number of amides is 1. The monoisotopic (exact) mass is 276 g/mol. The van der Waals surface area contributed by atoms with E-state index in [0.29, 0.717) is 16.3 Å². The van der Waals surface area contributed by atoms with Crippen molar-refractivity contribution >= 4 is 23.2 Å². The molecule has 3 N–H and O–H groups in total. The van der Waals surface area contributed by atoms with Gasteiger partial charge < -0.3 is 11.1 Å². The molecule has 2 rings (SSSR count). The van der Waals surface area contributed by atoms with Crippen molar-refractivity contribution in [3.63, 3.8) is 0 Å². The molecule has 3 nitrogen and oxygen atoms in total. The normalized spacial score (nSPS) is 14.8. The van der Waals surface area contributed by atoms with Crippen molar-refractivity contribution < 1.29 is 4.79 Å². The summed E-state index contributed by atoms with van der Waals surface area (Å²) in [4.78, 5) is 12.1. The van der Waals surface area contributed by atoms with Gasteiger partial charge in [0.1, 0.15) is 0 Å². The number of rotatable bonds is 2. The summed E-state index contributed by atoms with van der Waals surface area (Å²) in [5.41, 5.74) is 6.79. The highest BCUT2D eigenvalue weighted by Crippen LogP contribution is 2.27. The fourth-order valence-corrected chi connectivity index (χ4v) is 2.47. The molecule has 0 aliphatic heterocycles. The lowest BCUT2D eigenvalue weighted by Gasteiger charge is -2.12. The highest BCUT2D eigenvalue weighted by atomic mass is 35.5. The summed E-state index contributed by atoms with van der Waals surface area (Å²) in [6.07, 6.45) is 4.23. The summed E-state index contributed by atoms with van der Waals surface area (Å²) >= 11 is 5.95. The molecule has 0 bridgehead atoms. The summed E-state index contributed by atoms with van der Waals surface area (Å²) in [6, 6.07) is 5.28. The van der Waals surface area contributed by atoms with Crippen LogP contribution in [-0.2, 0) is 4.79 Å². The first-order valence-corrected chi connectivity index (χ1v) is 6.88. The molecule has 0 heterocycles. The van der Waals surface area contributed by atoms with Crippen molar-refractivity contribution in [3.05, 3.63) is 28.8 Å². The number of benzene rings is 1. The van der Waals surface area contributed by atoms with Crippen molar-refractivity contribution in [2.24, 2.45) is 11.7 Å². The third-order valence-corrected chi connectivity index (χ3v) is 3.53. The summed E-state index contributed by atoms with van der Waals surface area (Å²) in [5, 5.41) is 3.55. The van der Waals surface area contributed by atoms with Crippen LogP contribution in [0.2, 0.25) is 5.02 Å². The highest BCUT2D eigenvalue weighted by molar-refractivity contribution is 6.30. The molecule has 100 valence electrons.